The maximum Gasteiger partial charge on any atom is 0.335 e. The minimum atomic E-state index is -1.05. The summed E-state index contributed by atoms with van der Waals surface area (Å²) in [4.78, 5) is 10.9. The van der Waals surface area contributed by atoms with Gasteiger partial charge in [-0.05, 0) is 5.92 Å². The molecule has 3 heteroatoms. The van der Waals surface area contributed by atoms with Crippen LogP contribution < -0.4 is 0 Å². The molecule has 12 heavy (non-hydrogen) atoms. The molecule has 0 fully saturated rings. The normalized spacial score (nSPS) is 12.7. The molecule has 0 saturated heterocycles. The molecule has 0 aromatic heterocycles. The van der Waals surface area contributed by atoms with Crippen LogP contribution in [0.5, 0.6) is 0 Å². The van der Waals surface area contributed by atoms with E-state index >= 15 is 0 Å². The SMILES string of the molecule is C=CCC(O)C(=O)OCC(C)C. The first-order chi connectivity index (χ1) is 5.57. The molecule has 0 radical (unpaired) electrons. The highest BCUT2D eigenvalue weighted by Crippen LogP contribution is 1.99. The summed E-state index contributed by atoms with van der Waals surface area (Å²) in [5.74, 6) is -0.270. The third kappa shape index (κ3) is 4.91. The van der Waals surface area contributed by atoms with Crippen molar-refractivity contribution in [2.75, 3.05) is 6.61 Å². The lowest BCUT2D eigenvalue weighted by molar-refractivity contribution is -0.154. The summed E-state index contributed by atoms with van der Waals surface area (Å²) in [6.07, 6.45) is 0.680. The van der Waals surface area contributed by atoms with Crippen LogP contribution in [0.25, 0.3) is 0 Å². The topological polar surface area (TPSA) is 46.5 Å². The van der Waals surface area contributed by atoms with Crippen molar-refractivity contribution >= 4 is 5.97 Å². The van der Waals surface area contributed by atoms with Gasteiger partial charge in [0.05, 0.1) is 6.61 Å². The minimum absolute atomic E-state index is 0.247. The van der Waals surface area contributed by atoms with Gasteiger partial charge >= 0.3 is 5.97 Å². The number of carbonyl (C=O) groups is 1. The van der Waals surface area contributed by atoms with Gasteiger partial charge in [0.25, 0.3) is 0 Å². The summed E-state index contributed by atoms with van der Waals surface area (Å²) in [5.41, 5.74) is 0. The third-order valence-electron chi connectivity index (χ3n) is 1.22. The van der Waals surface area contributed by atoms with Crippen LogP contribution in [-0.2, 0) is 9.53 Å². The molecule has 70 valence electrons. The summed E-state index contributed by atoms with van der Waals surface area (Å²) < 4.78 is 4.78. The lowest BCUT2D eigenvalue weighted by Crippen LogP contribution is -2.23. The van der Waals surface area contributed by atoms with Crippen LogP contribution in [0.2, 0.25) is 0 Å². The molecule has 1 unspecified atom stereocenters. The fourth-order valence-electron chi connectivity index (χ4n) is 0.599. The first-order valence-electron chi connectivity index (χ1n) is 4.03. The van der Waals surface area contributed by atoms with E-state index in [2.05, 4.69) is 6.58 Å². The predicted molar refractivity (Wildman–Crippen MR) is 46.6 cm³/mol. The zero-order valence-corrected chi connectivity index (χ0v) is 7.62. The predicted octanol–water partition coefficient (Wildman–Crippen LogP) is 1.12. The molecule has 0 saturated carbocycles. The van der Waals surface area contributed by atoms with Gasteiger partial charge < -0.3 is 9.84 Å². The smallest absolute Gasteiger partial charge is 0.335 e. The van der Waals surface area contributed by atoms with Crippen molar-refractivity contribution in [1.82, 2.24) is 0 Å². The van der Waals surface area contributed by atoms with Crippen molar-refractivity contribution in [3.8, 4) is 0 Å². The van der Waals surface area contributed by atoms with E-state index in [9.17, 15) is 4.79 Å². The van der Waals surface area contributed by atoms with Crippen LogP contribution in [0.3, 0.4) is 0 Å². The summed E-state index contributed by atoms with van der Waals surface area (Å²) in [6, 6.07) is 0. The summed E-state index contributed by atoms with van der Waals surface area (Å²) in [7, 11) is 0. The standard InChI is InChI=1S/C9H16O3/c1-4-5-8(10)9(11)12-6-7(2)3/h4,7-8,10H,1,5-6H2,2-3H3. The van der Waals surface area contributed by atoms with Crippen molar-refractivity contribution in [3.05, 3.63) is 12.7 Å². The quantitative estimate of drug-likeness (QED) is 0.499. The zero-order valence-electron chi connectivity index (χ0n) is 7.62. The highest BCUT2D eigenvalue weighted by molar-refractivity contribution is 5.74. The Morgan fingerprint density at radius 3 is 2.67 bits per heavy atom. The molecule has 1 atom stereocenters. The Morgan fingerprint density at radius 2 is 2.25 bits per heavy atom. The second-order valence-electron chi connectivity index (χ2n) is 3.06. The first-order valence-corrected chi connectivity index (χ1v) is 4.03. The second-order valence-corrected chi connectivity index (χ2v) is 3.06. The second kappa shape index (κ2) is 5.77. The molecule has 0 aromatic rings. The number of esters is 1. The van der Waals surface area contributed by atoms with Crippen LogP contribution in [0.4, 0.5) is 0 Å². The third-order valence-corrected chi connectivity index (χ3v) is 1.22. The fraction of sp³-hybridized carbons (Fsp3) is 0.667. The Labute approximate surface area is 73.0 Å². The molecule has 0 spiro atoms. The number of hydrogen-bond donors (Lipinski definition) is 1. The fourth-order valence-corrected chi connectivity index (χ4v) is 0.599. The Kier molecular flexibility index (Phi) is 5.37. The van der Waals surface area contributed by atoms with E-state index in [1.807, 2.05) is 13.8 Å². The molecule has 0 aromatic carbocycles. The molecule has 0 aliphatic carbocycles. The van der Waals surface area contributed by atoms with Crippen LogP contribution in [0, 0.1) is 5.92 Å². The van der Waals surface area contributed by atoms with Crippen LogP contribution >= 0.6 is 0 Å². The molecule has 0 heterocycles. The van der Waals surface area contributed by atoms with E-state index < -0.39 is 12.1 Å². The molecule has 0 bridgehead atoms. The van der Waals surface area contributed by atoms with E-state index in [-0.39, 0.29) is 6.42 Å². The molecule has 0 aliphatic heterocycles. The molecule has 0 rings (SSSR count). The Hall–Kier alpha value is -0.830. The lowest BCUT2D eigenvalue weighted by Gasteiger charge is -2.09. The van der Waals surface area contributed by atoms with E-state index in [4.69, 9.17) is 9.84 Å². The van der Waals surface area contributed by atoms with E-state index in [1.165, 1.54) is 6.08 Å². The van der Waals surface area contributed by atoms with Crippen molar-refractivity contribution in [2.24, 2.45) is 5.92 Å². The van der Waals surface area contributed by atoms with Crippen molar-refractivity contribution in [3.63, 3.8) is 0 Å². The monoisotopic (exact) mass is 172 g/mol. The highest BCUT2D eigenvalue weighted by atomic mass is 16.5. The van der Waals surface area contributed by atoms with Gasteiger partial charge in [0.15, 0.2) is 6.10 Å². The number of carbonyl (C=O) groups excluding carboxylic acids is 1. The lowest BCUT2D eigenvalue weighted by atomic mass is 10.2. The van der Waals surface area contributed by atoms with Crippen LogP contribution in [-0.4, -0.2) is 23.8 Å². The molecular weight excluding hydrogens is 156 g/mol. The average molecular weight is 172 g/mol. The van der Waals surface area contributed by atoms with Gasteiger partial charge in [0.2, 0.25) is 0 Å². The number of ether oxygens (including phenoxy) is 1. The van der Waals surface area contributed by atoms with Crippen LogP contribution in [0.15, 0.2) is 12.7 Å². The maximum atomic E-state index is 10.9. The van der Waals surface area contributed by atoms with Gasteiger partial charge in [-0.1, -0.05) is 19.9 Å². The molecule has 3 nitrogen and oxygen atoms in total. The number of hydrogen-bond acceptors (Lipinski definition) is 3. The number of aliphatic hydroxyl groups excluding tert-OH is 1. The number of aliphatic hydroxyl groups is 1. The molecular formula is C9H16O3. The molecule has 1 N–H and O–H groups in total. The maximum absolute atomic E-state index is 10.9. The zero-order chi connectivity index (χ0) is 9.56. The average Bonchev–Trinajstić information content (AvgIpc) is 2.00. The Balaban J connectivity index is 3.63. The molecule has 0 amide bonds. The van der Waals surface area contributed by atoms with Crippen molar-refractivity contribution < 1.29 is 14.6 Å². The highest BCUT2D eigenvalue weighted by Gasteiger charge is 2.14. The van der Waals surface area contributed by atoms with Gasteiger partial charge in [0, 0.05) is 6.42 Å². The summed E-state index contributed by atoms with van der Waals surface area (Å²) >= 11 is 0. The van der Waals surface area contributed by atoms with E-state index in [1.54, 1.807) is 0 Å². The Bertz CT molecular complexity index is 152. The van der Waals surface area contributed by atoms with Gasteiger partial charge in [-0.3, -0.25) is 0 Å². The number of rotatable bonds is 5. The molecule has 0 aliphatic rings. The van der Waals surface area contributed by atoms with Crippen molar-refractivity contribution in [2.45, 2.75) is 26.4 Å². The largest absolute Gasteiger partial charge is 0.463 e. The van der Waals surface area contributed by atoms with Gasteiger partial charge in [-0.25, -0.2) is 4.79 Å². The van der Waals surface area contributed by atoms with Gasteiger partial charge in [-0.15, -0.1) is 6.58 Å². The van der Waals surface area contributed by atoms with Crippen molar-refractivity contribution in [1.29, 1.82) is 0 Å². The van der Waals surface area contributed by atoms with E-state index in [0.29, 0.717) is 12.5 Å². The summed E-state index contributed by atoms with van der Waals surface area (Å²) in [5, 5.41) is 9.08. The van der Waals surface area contributed by atoms with Gasteiger partial charge in [0.1, 0.15) is 0 Å². The van der Waals surface area contributed by atoms with Crippen LogP contribution in [0.1, 0.15) is 20.3 Å². The minimum Gasteiger partial charge on any atom is -0.463 e. The Morgan fingerprint density at radius 1 is 1.67 bits per heavy atom. The van der Waals surface area contributed by atoms with E-state index in [0.717, 1.165) is 0 Å². The van der Waals surface area contributed by atoms with Gasteiger partial charge in [-0.2, -0.15) is 0 Å². The summed E-state index contributed by atoms with van der Waals surface area (Å²) in [6.45, 7) is 7.64. The first kappa shape index (κ1) is 11.2.